The van der Waals surface area contributed by atoms with Crippen molar-refractivity contribution in [3.8, 4) is 0 Å². The zero-order chi connectivity index (χ0) is 10.3. The molecule has 0 aromatic heterocycles. The molecule has 3 heteroatoms. The molecular formula is C11H9BrO2. The molecule has 1 aliphatic rings. The van der Waals surface area contributed by atoms with Gasteiger partial charge in [0.2, 0.25) is 0 Å². The van der Waals surface area contributed by atoms with Crippen LogP contribution in [0.15, 0.2) is 22.7 Å². The van der Waals surface area contributed by atoms with Crippen LogP contribution in [0.1, 0.15) is 28.4 Å². The lowest BCUT2D eigenvalue weighted by molar-refractivity contribution is 0.0696. The highest BCUT2D eigenvalue weighted by molar-refractivity contribution is 9.10. The van der Waals surface area contributed by atoms with Crippen LogP contribution >= 0.6 is 15.9 Å². The average Bonchev–Trinajstić information content (AvgIpc) is 2.48. The van der Waals surface area contributed by atoms with Gasteiger partial charge in [0.05, 0.1) is 5.56 Å². The second-order valence-corrected chi connectivity index (χ2v) is 4.24. The van der Waals surface area contributed by atoms with Crippen molar-refractivity contribution in [1.82, 2.24) is 0 Å². The maximum Gasteiger partial charge on any atom is 0.335 e. The number of rotatable bonds is 1. The summed E-state index contributed by atoms with van der Waals surface area (Å²) in [5.74, 6) is -0.877. The Hall–Kier alpha value is -1.09. The van der Waals surface area contributed by atoms with Gasteiger partial charge in [0.1, 0.15) is 0 Å². The number of hydrogen-bond acceptors (Lipinski definition) is 1. The SMILES string of the molecule is CC1=CCc2cc(C(=O)O)cc(Br)c21. The summed E-state index contributed by atoms with van der Waals surface area (Å²) in [7, 11) is 0. The highest BCUT2D eigenvalue weighted by Gasteiger charge is 2.17. The van der Waals surface area contributed by atoms with Gasteiger partial charge in [-0.05, 0) is 42.2 Å². The Labute approximate surface area is 90.4 Å². The van der Waals surface area contributed by atoms with Gasteiger partial charge in [0, 0.05) is 4.47 Å². The van der Waals surface area contributed by atoms with Crippen molar-refractivity contribution in [2.75, 3.05) is 0 Å². The summed E-state index contributed by atoms with van der Waals surface area (Å²) in [4.78, 5) is 10.8. The average molecular weight is 253 g/mol. The van der Waals surface area contributed by atoms with Gasteiger partial charge >= 0.3 is 5.97 Å². The number of halogens is 1. The summed E-state index contributed by atoms with van der Waals surface area (Å²) in [5.41, 5.74) is 3.80. The summed E-state index contributed by atoms with van der Waals surface area (Å²) in [6.45, 7) is 2.04. The molecule has 72 valence electrons. The number of benzene rings is 1. The van der Waals surface area contributed by atoms with E-state index in [1.54, 1.807) is 12.1 Å². The van der Waals surface area contributed by atoms with Gasteiger partial charge in [-0.2, -0.15) is 0 Å². The first-order valence-electron chi connectivity index (χ1n) is 4.32. The predicted octanol–water partition coefficient (Wildman–Crippen LogP) is 3.11. The van der Waals surface area contributed by atoms with Crippen molar-refractivity contribution in [3.63, 3.8) is 0 Å². The number of fused-ring (bicyclic) bond motifs is 1. The molecule has 0 saturated carbocycles. The molecule has 0 amide bonds. The molecule has 1 aromatic rings. The zero-order valence-corrected chi connectivity index (χ0v) is 9.26. The van der Waals surface area contributed by atoms with Crippen molar-refractivity contribution in [2.24, 2.45) is 0 Å². The lowest BCUT2D eigenvalue weighted by Crippen LogP contribution is -1.98. The van der Waals surface area contributed by atoms with E-state index in [1.807, 2.05) is 6.92 Å². The van der Waals surface area contributed by atoms with E-state index < -0.39 is 5.97 Å². The van der Waals surface area contributed by atoms with Gasteiger partial charge in [-0.1, -0.05) is 22.0 Å². The number of aromatic carboxylic acids is 1. The van der Waals surface area contributed by atoms with Crippen LogP contribution in [0.25, 0.3) is 5.57 Å². The van der Waals surface area contributed by atoms with Crippen LogP contribution in [0.5, 0.6) is 0 Å². The van der Waals surface area contributed by atoms with Crippen LogP contribution in [-0.4, -0.2) is 11.1 Å². The predicted molar refractivity (Wildman–Crippen MR) is 58.5 cm³/mol. The molecule has 14 heavy (non-hydrogen) atoms. The van der Waals surface area contributed by atoms with Crippen LogP contribution in [0.3, 0.4) is 0 Å². The molecule has 1 N–H and O–H groups in total. The van der Waals surface area contributed by atoms with Gasteiger partial charge in [-0.3, -0.25) is 0 Å². The summed E-state index contributed by atoms with van der Waals surface area (Å²) >= 11 is 3.40. The van der Waals surface area contributed by atoms with Gasteiger partial charge in [0.25, 0.3) is 0 Å². The van der Waals surface area contributed by atoms with Gasteiger partial charge in [-0.15, -0.1) is 0 Å². The van der Waals surface area contributed by atoms with Gasteiger partial charge in [-0.25, -0.2) is 4.79 Å². The lowest BCUT2D eigenvalue weighted by Gasteiger charge is -2.06. The molecule has 0 saturated heterocycles. The Balaban J connectivity index is 2.61. The van der Waals surface area contributed by atoms with E-state index in [0.717, 1.165) is 22.0 Å². The molecule has 0 unspecified atom stereocenters. The van der Waals surface area contributed by atoms with Crippen LogP contribution < -0.4 is 0 Å². The third kappa shape index (κ3) is 1.38. The Morgan fingerprint density at radius 1 is 1.50 bits per heavy atom. The Bertz CT molecular complexity index is 447. The van der Waals surface area contributed by atoms with Crippen molar-refractivity contribution in [1.29, 1.82) is 0 Å². The minimum absolute atomic E-state index is 0.346. The molecule has 1 aliphatic carbocycles. The first kappa shape index (κ1) is 9.46. The minimum Gasteiger partial charge on any atom is -0.478 e. The molecule has 1 aromatic carbocycles. The van der Waals surface area contributed by atoms with E-state index >= 15 is 0 Å². The van der Waals surface area contributed by atoms with Gasteiger partial charge < -0.3 is 5.11 Å². The number of allylic oxidation sites excluding steroid dienone is 2. The fourth-order valence-electron chi connectivity index (χ4n) is 1.75. The second-order valence-electron chi connectivity index (χ2n) is 3.39. The summed E-state index contributed by atoms with van der Waals surface area (Å²) < 4.78 is 0.874. The number of carbonyl (C=O) groups is 1. The first-order valence-corrected chi connectivity index (χ1v) is 5.11. The third-order valence-electron chi connectivity index (χ3n) is 2.44. The maximum atomic E-state index is 10.8. The largest absolute Gasteiger partial charge is 0.478 e. The van der Waals surface area contributed by atoms with Crippen molar-refractivity contribution < 1.29 is 9.90 Å². The summed E-state index contributed by atoms with van der Waals surface area (Å²) in [6.07, 6.45) is 2.95. The molecule has 0 radical (unpaired) electrons. The van der Waals surface area contributed by atoms with Crippen molar-refractivity contribution in [2.45, 2.75) is 13.3 Å². The summed E-state index contributed by atoms with van der Waals surface area (Å²) in [6, 6.07) is 3.40. The van der Waals surface area contributed by atoms with Gasteiger partial charge in [0.15, 0.2) is 0 Å². The molecule has 0 spiro atoms. The quantitative estimate of drug-likeness (QED) is 0.834. The third-order valence-corrected chi connectivity index (χ3v) is 3.07. The van der Waals surface area contributed by atoms with Crippen LogP contribution in [0.2, 0.25) is 0 Å². The molecule has 2 nitrogen and oxygen atoms in total. The highest BCUT2D eigenvalue weighted by atomic mass is 79.9. The monoisotopic (exact) mass is 252 g/mol. The molecule has 2 rings (SSSR count). The molecular weight excluding hydrogens is 244 g/mol. The van der Waals surface area contributed by atoms with Crippen LogP contribution in [0, 0.1) is 0 Å². The summed E-state index contributed by atoms with van der Waals surface area (Å²) in [5, 5.41) is 8.87. The van der Waals surface area contributed by atoms with E-state index in [1.165, 1.54) is 5.57 Å². The topological polar surface area (TPSA) is 37.3 Å². The normalized spacial score (nSPS) is 13.7. The fourth-order valence-corrected chi connectivity index (χ4v) is 2.57. The lowest BCUT2D eigenvalue weighted by atomic mass is 10.0. The maximum absolute atomic E-state index is 10.8. The minimum atomic E-state index is -0.877. The highest BCUT2D eigenvalue weighted by Crippen LogP contribution is 2.34. The van der Waals surface area contributed by atoms with Crippen molar-refractivity contribution in [3.05, 3.63) is 39.4 Å². The Morgan fingerprint density at radius 3 is 2.86 bits per heavy atom. The molecule has 0 aliphatic heterocycles. The van der Waals surface area contributed by atoms with E-state index in [9.17, 15) is 4.79 Å². The van der Waals surface area contributed by atoms with E-state index in [-0.39, 0.29) is 0 Å². The molecule has 0 atom stereocenters. The van der Waals surface area contributed by atoms with E-state index in [4.69, 9.17) is 5.11 Å². The standard InChI is InChI=1S/C11H9BrO2/c1-6-2-3-7-4-8(11(13)14)5-9(12)10(6)7/h2,4-5H,3H2,1H3,(H,13,14). The number of hydrogen-bond donors (Lipinski definition) is 1. The number of carboxylic acids is 1. The zero-order valence-electron chi connectivity index (χ0n) is 7.67. The molecule has 0 fully saturated rings. The van der Waals surface area contributed by atoms with E-state index in [2.05, 4.69) is 22.0 Å². The molecule has 0 heterocycles. The number of carboxylic acid groups (broad SMARTS) is 1. The molecule has 0 bridgehead atoms. The Morgan fingerprint density at radius 2 is 2.21 bits per heavy atom. The fraction of sp³-hybridized carbons (Fsp3) is 0.182. The first-order chi connectivity index (χ1) is 6.59. The van der Waals surface area contributed by atoms with Crippen molar-refractivity contribution >= 4 is 27.5 Å². The second kappa shape index (κ2) is 3.24. The van der Waals surface area contributed by atoms with E-state index in [0.29, 0.717) is 5.56 Å². The smallest absolute Gasteiger partial charge is 0.335 e. The Kier molecular flexibility index (Phi) is 2.19. The van der Waals surface area contributed by atoms with Crippen LogP contribution in [-0.2, 0) is 6.42 Å². The van der Waals surface area contributed by atoms with Crippen LogP contribution in [0.4, 0.5) is 0 Å².